The lowest BCUT2D eigenvalue weighted by Gasteiger charge is -2.19. The molecule has 1 heterocycles. The van der Waals surface area contributed by atoms with E-state index in [-0.39, 0.29) is 0 Å². The molecule has 0 saturated carbocycles. The van der Waals surface area contributed by atoms with Gasteiger partial charge in [-0.2, -0.15) is 0 Å². The molecule has 1 aromatic carbocycles. The number of aryl methyl sites for hydroxylation is 1. The second-order valence-electron chi connectivity index (χ2n) is 6.20. The van der Waals surface area contributed by atoms with E-state index in [0.29, 0.717) is 13.1 Å². The van der Waals surface area contributed by atoms with Crippen molar-refractivity contribution in [3.05, 3.63) is 30.6 Å². The van der Waals surface area contributed by atoms with Crippen LogP contribution in [0.2, 0.25) is 0 Å². The van der Waals surface area contributed by atoms with Gasteiger partial charge in [-0.3, -0.25) is 0 Å². The molecule has 0 aliphatic carbocycles. The van der Waals surface area contributed by atoms with Crippen LogP contribution in [0.5, 0.6) is 0 Å². The third kappa shape index (κ3) is 5.28. The van der Waals surface area contributed by atoms with Crippen molar-refractivity contribution in [3.8, 4) is 11.4 Å². The fourth-order valence-electron chi connectivity index (χ4n) is 2.00. The minimum Gasteiger partial charge on any atom is -0.444 e. The molecular formula is C16H23N5O2. The van der Waals surface area contributed by atoms with E-state index >= 15 is 0 Å². The first-order chi connectivity index (χ1) is 10.8. The van der Waals surface area contributed by atoms with E-state index < -0.39 is 11.7 Å². The summed E-state index contributed by atoms with van der Waals surface area (Å²) in [6.07, 6.45) is 1.26. The van der Waals surface area contributed by atoms with E-state index in [0.717, 1.165) is 17.1 Å². The first-order valence-corrected chi connectivity index (χ1v) is 7.50. The summed E-state index contributed by atoms with van der Waals surface area (Å²) in [7, 11) is 1.90. The molecule has 124 valence electrons. The van der Waals surface area contributed by atoms with Crippen molar-refractivity contribution >= 4 is 11.8 Å². The molecule has 7 heteroatoms. The number of hydrogen-bond donors (Lipinski definition) is 2. The largest absolute Gasteiger partial charge is 0.444 e. The molecule has 0 radical (unpaired) electrons. The Balaban J connectivity index is 1.83. The summed E-state index contributed by atoms with van der Waals surface area (Å²) in [4.78, 5) is 11.5. The molecule has 0 aliphatic heterocycles. The summed E-state index contributed by atoms with van der Waals surface area (Å²) < 4.78 is 7.04. The van der Waals surface area contributed by atoms with E-state index in [1.165, 1.54) is 0 Å². The van der Waals surface area contributed by atoms with Gasteiger partial charge in [0.1, 0.15) is 11.9 Å². The van der Waals surface area contributed by atoms with Crippen molar-refractivity contribution in [1.29, 1.82) is 0 Å². The number of anilines is 1. The summed E-state index contributed by atoms with van der Waals surface area (Å²) in [6, 6.07) is 7.90. The number of benzene rings is 1. The van der Waals surface area contributed by atoms with Crippen molar-refractivity contribution in [1.82, 2.24) is 20.1 Å². The molecule has 0 spiro atoms. The number of rotatable bonds is 5. The average molecular weight is 317 g/mol. The number of hydrogen-bond acceptors (Lipinski definition) is 5. The van der Waals surface area contributed by atoms with Crippen molar-refractivity contribution in [2.45, 2.75) is 26.4 Å². The van der Waals surface area contributed by atoms with Crippen molar-refractivity contribution in [3.63, 3.8) is 0 Å². The van der Waals surface area contributed by atoms with Crippen LogP contribution in [0.25, 0.3) is 11.4 Å². The summed E-state index contributed by atoms with van der Waals surface area (Å²) >= 11 is 0. The topological polar surface area (TPSA) is 81.1 Å². The van der Waals surface area contributed by atoms with Gasteiger partial charge in [-0.25, -0.2) is 4.79 Å². The van der Waals surface area contributed by atoms with Gasteiger partial charge in [0.05, 0.1) is 0 Å². The number of carbonyl (C=O) groups excluding carboxylic acids is 1. The third-order valence-corrected chi connectivity index (χ3v) is 2.95. The number of alkyl carbamates (subject to hydrolysis) is 1. The van der Waals surface area contributed by atoms with Crippen LogP contribution < -0.4 is 10.6 Å². The molecule has 2 rings (SSSR count). The van der Waals surface area contributed by atoms with Gasteiger partial charge in [-0.1, -0.05) is 12.1 Å². The average Bonchev–Trinajstić information content (AvgIpc) is 2.88. The molecule has 0 saturated heterocycles. The van der Waals surface area contributed by atoms with Crippen LogP contribution in [0.15, 0.2) is 30.6 Å². The Morgan fingerprint density at radius 3 is 2.74 bits per heavy atom. The van der Waals surface area contributed by atoms with Gasteiger partial charge in [-0.15, -0.1) is 10.2 Å². The minimum atomic E-state index is -0.484. The lowest BCUT2D eigenvalue weighted by Crippen LogP contribution is -2.34. The Bertz CT molecular complexity index is 660. The van der Waals surface area contributed by atoms with Gasteiger partial charge >= 0.3 is 6.09 Å². The standard InChI is InChI=1S/C16H23N5O2/c1-16(2,3)23-15(22)18-9-8-17-13-7-5-6-12(10-13)14-20-19-11-21(14)4/h5-7,10-11,17H,8-9H2,1-4H3,(H,18,22). The fourth-order valence-corrected chi connectivity index (χ4v) is 2.00. The Kier molecular flexibility index (Phi) is 5.20. The maximum atomic E-state index is 11.5. The molecule has 0 aliphatic rings. The van der Waals surface area contributed by atoms with Gasteiger partial charge < -0.3 is 19.9 Å². The van der Waals surface area contributed by atoms with Crippen LogP contribution in [0.3, 0.4) is 0 Å². The van der Waals surface area contributed by atoms with E-state index in [1.54, 1.807) is 6.33 Å². The third-order valence-electron chi connectivity index (χ3n) is 2.95. The van der Waals surface area contributed by atoms with E-state index in [4.69, 9.17) is 4.74 Å². The van der Waals surface area contributed by atoms with E-state index in [9.17, 15) is 4.79 Å². The van der Waals surface area contributed by atoms with Crippen LogP contribution in [-0.4, -0.2) is 39.5 Å². The Morgan fingerprint density at radius 1 is 1.30 bits per heavy atom. The molecule has 7 nitrogen and oxygen atoms in total. The molecule has 0 fully saturated rings. The second kappa shape index (κ2) is 7.13. The SMILES string of the molecule is Cn1cnnc1-c1cccc(NCCNC(=O)OC(C)(C)C)c1. The monoisotopic (exact) mass is 317 g/mol. The quantitative estimate of drug-likeness (QED) is 0.828. The number of amides is 1. The maximum absolute atomic E-state index is 11.5. The molecule has 2 aromatic rings. The molecule has 0 bridgehead atoms. The van der Waals surface area contributed by atoms with Crippen LogP contribution in [-0.2, 0) is 11.8 Å². The highest BCUT2D eigenvalue weighted by atomic mass is 16.6. The molecule has 2 N–H and O–H groups in total. The maximum Gasteiger partial charge on any atom is 0.407 e. The van der Waals surface area contributed by atoms with Crippen LogP contribution in [0, 0.1) is 0 Å². The van der Waals surface area contributed by atoms with Gasteiger partial charge in [0.25, 0.3) is 0 Å². The highest BCUT2D eigenvalue weighted by Crippen LogP contribution is 2.19. The smallest absolute Gasteiger partial charge is 0.407 e. The summed E-state index contributed by atoms with van der Waals surface area (Å²) in [5, 5.41) is 13.9. The first-order valence-electron chi connectivity index (χ1n) is 7.50. The zero-order valence-electron chi connectivity index (χ0n) is 14.0. The fraction of sp³-hybridized carbons (Fsp3) is 0.438. The van der Waals surface area contributed by atoms with E-state index in [1.807, 2.05) is 56.7 Å². The Hall–Kier alpha value is -2.57. The molecule has 1 aromatic heterocycles. The highest BCUT2D eigenvalue weighted by molar-refractivity contribution is 5.67. The molecular weight excluding hydrogens is 294 g/mol. The van der Waals surface area contributed by atoms with Crippen molar-refractivity contribution < 1.29 is 9.53 Å². The summed E-state index contributed by atoms with van der Waals surface area (Å²) in [5.74, 6) is 0.806. The first kappa shape index (κ1) is 16.8. The number of nitrogens with one attached hydrogen (secondary N) is 2. The number of ether oxygens (including phenoxy) is 1. The van der Waals surface area contributed by atoms with E-state index in [2.05, 4.69) is 20.8 Å². The van der Waals surface area contributed by atoms with Crippen molar-refractivity contribution in [2.24, 2.45) is 7.05 Å². The highest BCUT2D eigenvalue weighted by Gasteiger charge is 2.15. The Morgan fingerprint density at radius 2 is 2.09 bits per heavy atom. The Labute approximate surface area is 136 Å². The zero-order chi connectivity index (χ0) is 16.9. The molecule has 1 amide bonds. The number of nitrogens with zero attached hydrogens (tertiary/aromatic N) is 3. The van der Waals surface area contributed by atoms with Crippen molar-refractivity contribution in [2.75, 3.05) is 18.4 Å². The van der Waals surface area contributed by atoms with Gasteiger partial charge in [-0.05, 0) is 32.9 Å². The van der Waals surface area contributed by atoms with Crippen LogP contribution >= 0.6 is 0 Å². The normalized spacial score (nSPS) is 11.1. The summed E-state index contributed by atoms with van der Waals surface area (Å²) in [5.41, 5.74) is 1.45. The second-order valence-corrected chi connectivity index (χ2v) is 6.20. The predicted molar refractivity (Wildman–Crippen MR) is 89.2 cm³/mol. The summed E-state index contributed by atoms with van der Waals surface area (Å²) in [6.45, 7) is 6.58. The predicted octanol–water partition coefficient (Wildman–Crippen LogP) is 2.42. The van der Waals surface area contributed by atoms with Crippen LogP contribution in [0.4, 0.5) is 10.5 Å². The van der Waals surface area contributed by atoms with Gasteiger partial charge in [0.2, 0.25) is 0 Å². The molecule has 0 atom stereocenters. The van der Waals surface area contributed by atoms with Gasteiger partial charge in [0.15, 0.2) is 5.82 Å². The zero-order valence-corrected chi connectivity index (χ0v) is 14.0. The number of aromatic nitrogens is 3. The molecule has 0 unspecified atom stereocenters. The lowest BCUT2D eigenvalue weighted by atomic mass is 10.2. The molecule has 23 heavy (non-hydrogen) atoms. The van der Waals surface area contributed by atoms with Crippen LogP contribution in [0.1, 0.15) is 20.8 Å². The number of carbonyl (C=O) groups is 1. The minimum absolute atomic E-state index is 0.410. The lowest BCUT2D eigenvalue weighted by molar-refractivity contribution is 0.0530. The van der Waals surface area contributed by atoms with Gasteiger partial charge in [0, 0.05) is 31.4 Å².